The van der Waals surface area contributed by atoms with Crippen LogP contribution >= 0.6 is 24.0 Å². The summed E-state index contributed by atoms with van der Waals surface area (Å²) in [6.45, 7) is 16.4. The van der Waals surface area contributed by atoms with Crippen LogP contribution in [-0.2, 0) is 17.8 Å². The number of likely N-dealkylation sites (tertiary alicyclic amines) is 1. The number of piperidine rings is 1. The fourth-order valence-corrected chi connectivity index (χ4v) is 4.35. The third kappa shape index (κ3) is 8.86. The van der Waals surface area contributed by atoms with Gasteiger partial charge in [0.15, 0.2) is 5.96 Å². The average Bonchev–Trinajstić information content (AvgIpc) is 2.77. The molecule has 2 aliphatic rings. The molecule has 2 fully saturated rings. The summed E-state index contributed by atoms with van der Waals surface area (Å²) in [6, 6.07) is 9.35. The second-order valence-corrected chi connectivity index (χ2v) is 8.83. The van der Waals surface area contributed by atoms with Gasteiger partial charge in [-0.2, -0.15) is 0 Å². The van der Waals surface area contributed by atoms with Crippen molar-refractivity contribution in [3.05, 3.63) is 35.4 Å². The summed E-state index contributed by atoms with van der Waals surface area (Å²) in [5.41, 5.74) is 2.68. The maximum absolute atomic E-state index is 5.49. The van der Waals surface area contributed by atoms with Gasteiger partial charge in [-0.3, -0.25) is 4.90 Å². The van der Waals surface area contributed by atoms with E-state index in [9.17, 15) is 0 Å². The first-order valence-electron chi connectivity index (χ1n) is 11.8. The van der Waals surface area contributed by atoms with E-state index in [2.05, 4.69) is 65.5 Å². The van der Waals surface area contributed by atoms with Crippen molar-refractivity contribution in [3.8, 4) is 0 Å². The van der Waals surface area contributed by atoms with E-state index < -0.39 is 0 Å². The first kappa shape index (κ1) is 26.4. The predicted molar refractivity (Wildman–Crippen MR) is 140 cm³/mol. The Kier molecular flexibility index (Phi) is 12.1. The topological polar surface area (TPSA) is 52.1 Å². The van der Waals surface area contributed by atoms with Crippen LogP contribution in [0.4, 0.5) is 0 Å². The molecule has 0 aromatic heterocycles. The number of aliphatic imine (C=N–C) groups is 1. The molecule has 31 heavy (non-hydrogen) atoms. The maximum Gasteiger partial charge on any atom is 0.191 e. The Hall–Kier alpha value is -0.900. The van der Waals surface area contributed by atoms with Crippen molar-refractivity contribution in [3.63, 3.8) is 0 Å². The van der Waals surface area contributed by atoms with Gasteiger partial charge in [0.2, 0.25) is 0 Å². The number of rotatable bonds is 8. The van der Waals surface area contributed by atoms with E-state index in [1.165, 1.54) is 37.1 Å². The number of nitrogens with zero attached hydrogens (tertiary/aromatic N) is 3. The van der Waals surface area contributed by atoms with Gasteiger partial charge in [-0.15, -0.1) is 24.0 Å². The van der Waals surface area contributed by atoms with Crippen LogP contribution < -0.4 is 10.6 Å². The summed E-state index contributed by atoms with van der Waals surface area (Å²) in [6.07, 6.45) is 2.60. The molecule has 2 N–H and O–H groups in total. The highest BCUT2D eigenvalue weighted by Crippen LogP contribution is 2.18. The van der Waals surface area contributed by atoms with Gasteiger partial charge in [0.05, 0.1) is 19.8 Å². The fourth-order valence-electron chi connectivity index (χ4n) is 4.35. The number of morpholine rings is 1. The second-order valence-electron chi connectivity index (χ2n) is 8.83. The molecular formula is C24H42IN5O. The zero-order chi connectivity index (χ0) is 21.2. The van der Waals surface area contributed by atoms with Crippen molar-refractivity contribution in [2.24, 2.45) is 10.9 Å². The van der Waals surface area contributed by atoms with Gasteiger partial charge in [-0.1, -0.05) is 24.3 Å². The van der Waals surface area contributed by atoms with Crippen molar-refractivity contribution in [1.82, 2.24) is 20.4 Å². The standard InChI is InChI=1S/C24H41N5O.HI/c1-4-25-24(26-16-21-8-7-11-29(18-21)20(2)3)27-17-22-9-5-6-10-23(22)19-28-12-14-30-15-13-28;/h5-6,9-10,20-21H,4,7-8,11-19H2,1-3H3,(H2,25,26,27);1H. The van der Waals surface area contributed by atoms with Gasteiger partial charge in [-0.05, 0) is 57.2 Å². The third-order valence-electron chi connectivity index (χ3n) is 6.21. The molecule has 2 heterocycles. The lowest BCUT2D eigenvalue weighted by Gasteiger charge is -2.35. The van der Waals surface area contributed by atoms with Crippen molar-refractivity contribution < 1.29 is 4.74 Å². The Labute approximate surface area is 206 Å². The lowest BCUT2D eigenvalue weighted by atomic mass is 9.97. The van der Waals surface area contributed by atoms with Crippen LogP contribution in [0.1, 0.15) is 44.7 Å². The van der Waals surface area contributed by atoms with Gasteiger partial charge in [-0.25, -0.2) is 4.99 Å². The van der Waals surface area contributed by atoms with Gasteiger partial charge in [0.1, 0.15) is 0 Å². The van der Waals surface area contributed by atoms with Crippen molar-refractivity contribution in [2.45, 2.75) is 52.7 Å². The monoisotopic (exact) mass is 543 g/mol. The molecule has 1 unspecified atom stereocenters. The molecule has 7 heteroatoms. The minimum Gasteiger partial charge on any atom is -0.379 e. The van der Waals surface area contributed by atoms with Crippen LogP contribution in [0.15, 0.2) is 29.3 Å². The molecule has 1 atom stereocenters. The minimum absolute atomic E-state index is 0. The lowest BCUT2D eigenvalue weighted by molar-refractivity contribution is 0.0341. The number of halogens is 1. The van der Waals surface area contributed by atoms with Crippen molar-refractivity contribution in [2.75, 3.05) is 52.5 Å². The zero-order valence-corrected chi connectivity index (χ0v) is 21.9. The Morgan fingerprint density at radius 3 is 2.58 bits per heavy atom. The highest BCUT2D eigenvalue weighted by atomic mass is 127. The summed E-state index contributed by atoms with van der Waals surface area (Å²) in [5, 5.41) is 7.03. The quantitative estimate of drug-likeness (QED) is 0.300. The van der Waals surface area contributed by atoms with Gasteiger partial charge < -0.3 is 20.3 Å². The van der Waals surface area contributed by atoms with Crippen LogP contribution in [-0.4, -0.2) is 74.3 Å². The summed E-state index contributed by atoms with van der Waals surface area (Å²) in [7, 11) is 0. The lowest BCUT2D eigenvalue weighted by Crippen LogP contribution is -2.46. The summed E-state index contributed by atoms with van der Waals surface area (Å²) in [5.74, 6) is 1.62. The van der Waals surface area contributed by atoms with E-state index in [0.717, 1.165) is 51.9 Å². The van der Waals surface area contributed by atoms with E-state index in [4.69, 9.17) is 9.73 Å². The molecular weight excluding hydrogens is 501 g/mol. The molecule has 1 aromatic carbocycles. The van der Waals surface area contributed by atoms with Crippen LogP contribution in [0.3, 0.4) is 0 Å². The first-order chi connectivity index (χ1) is 14.7. The average molecular weight is 544 g/mol. The molecule has 2 saturated heterocycles. The van der Waals surface area contributed by atoms with Crippen molar-refractivity contribution in [1.29, 1.82) is 0 Å². The molecule has 0 saturated carbocycles. The van der Waals surface area contributed by atoms with E-state index in [1.54, 1.807) is 0 Å². The number of hydrogen-bond donors (Lipinski definition) is 2. The van der Waals surface area contributed by atoms with Gasteiger partial charge in [0, 0.05) is 45.3 Å². The maximum atomic E-state index is 5.49. The van der Waals surface area contributed by atoms with E-state index in [1.807, 2.05) is 0 Å². The van der Waals surface area contributed by atoms with E-state index in [-0.39, 0.29) is 24.0 Å². The van der Waals surface area contributed by atoms with Crippen LogP contribution in [0.25, 0.3) is 0 Å². The van der Waals surface area contributed by atoms with Gasteiger partial charge >= 0.3 is 0 Å². The Bertz CT molecular complexity index is 663. The SMILES string of the molecule is CCNC(=NCc1ccccc1CN1CCOCC1)NCC1CCCN(C(C)C)C1.I. The predicted octanol–water partition coefficient (Wildman–Crippen LogP) is 3.31. The Morgan fingerprint density at radius 1 is 1.13 bits per heavy atom. The molecule has 0 aliphatic carbocycles. The molecule has 0 bridgehead atoms. The normalized spacial score (nSPS) is 21.0. The van der Waals surface area contributed by atoms with Crippen LogP contribution in [0, 0.1) is 5.92 Å². The fraction of sp³-hybridized carbons (Fsp3) is 0.708. The number of benzene rings is 1. The molecule has 1 aromatic rings. The molecule has 0 amide bonds. The molecule has 0 spiro atoms. The number of hydrogen-bond acceptors (Lipinski definition) is 4. The number of nitrogens with one attached hydrogen (secondary N) is 2. The highest BCUT2D eigenvalue weighted by molar-refractivity contribution is 14.0. The second kappa shape index (κ2) is 14.3. The minimum atomic E-state index is 0. The largest absolute Gasteiger partial charge is 0.379 e. The van der Waals surface area contributed by atoms with E-state index in [0.29, 0.717) is 18.5 Å². The first-order valence-corrected chi connectivity index (χ1v) is 11.8. The molecule has 2 aliphatic heterocycles. The summed E-state index contributed by atoms with van der Waals surface area (Å²) < 4.78 is 5.49. The molecule has 6 nitrogen and oxygen atoms in total. The van der Waals surface area contributed by atoms with Crippen LogP contribution in [0.5, 0.6) is 0 Å². The Balaban J connectivity index is 0.00000341. The molecule has 176 valence electrons. The summed E-state index contributed by atoms with van der Waals surface area (Å²) in [4.78, 5) is 9.98. The Morgan fingerprint density at radius 2 is 1.87 bits per heavy atom. The highest BCUT2D eigenvalue weighted by Gasteiger charge is 2.21. The van der Waals surface area contributed by atoms with Crippen molar-refractivity contribution >= 4 is 29.9 Å². The van der Waals surface area contributed by atoms with E-state index >= 15 is 0 Å². The third-order valence-corrected chi connectivity index (χ3v) is 6.21. The van der Waals surface area contributed by atoms with Crippen LogP contribution in [0.2, 0.25) is 0 Å². The summed E-state index contributed by atoms with van der Waals surface area (Å²) >= 11 is 0. The molecule has 0 radical (unpaired) electrons. The number of ether oxygens (including phenoxy) is 1. The number of guanidine groups is 1. The molecule has 3 rings (SSSR count). The smallest absolute Gasteiger partial charge is 0.191 e. The van der Waals surface area contributed by atoms with Gasteiger partial charge in [0.25, 0.3) is 0 Å². The zero-order valence-electron chi connectivity index (χ0n) is 19.6.